The van der Waals surface area contributed by atoms with Gasteiger partial charge in [0.2, 0.25) is 5.78 Å². The van der Waals surface area contributed by atoms with Crippen molar-refractivity contribution in [2.24, 2.45) is 0 Å². The Bertz CT molecular complexity index is 817. The van der Waals surface area contributed by atoms with E-state index in [9.17, 15) is 4.79 Å². The van der Waals surface area contributed by atoms with Crippen LogP contribution in [-0.4, -0.2) is 17.9 Å². The Balaban J connectivity index is 1.79. The van der Waals surface area contributed by atoms with Gasteiger partial charge in [-0.3, -0.25) is 9.78 Å². The largest absolute Gasteiger partial charge is 0.493 e. The number of hydrogen-bond donors (Lipinski definition) is 0. The maximum atomic E-state index is 12.4. The van der Waals surface area contributed by atoms with Gasteiger partial charge in [0.15, 0.2) is 11.5 Å². The number of rotatable bonds is 6. The number of aromatic nitrogens is 1. The molecular formula is C20H17NO3. The molecule has 0 N–H and O–H groups in total. The first-order chi connectivity index (χ1) is 11.8. The molecule has 0 aliphatic carbocycles. The molecule has 0 saturated heterocycles. The summed E-state index contributed by atoms with van der Waals surface area (Å²) in [6, 6.07) is 20.3. The molecule has 3 rings (SSSR count). The van der Waals surface area contributed by atoms with E-state index in [0.29, 0.717) is 29.4 Å². The molecule has 0 amide bonds. The normalized spacial score (nSPS) is 10.2. The van der Waals surface area contributed by atoms with Gasteiger partial charge in [0.1, 0.15) is 12.3 Å². The van der Waals surface area contributed by atoms with E-state index in [4.69, 9.17) is 9.47 Å². The highest BCUT2D eigenvalue weighted by Crippen LogP contribution is 2.29. The topological polar surface area (TPSA) is 48.4 Å². The van der Waals surface area contributed by atoms with Gasteiger partial charge in [-0.1, -0.05) is 36.4 Å². The molecule has 0 aliphatic rings. The van der Waals surface area contributed by atoms with Crippen LogP contribution in [0.25, 0.3) is 0 Å². The Kier molecular flexibility index (Phi) is 4.87. The van der Waals surface area contributed by atoms with E-state index in [-0.39, 0.29) is 5.78 Å². The fourth-order valence-electron chi connectivity index (χ4n) is 2.31. The van der Waals surface area contributed by atoms with Crippen LogP contribution in [-0.2, 0) is 6.61 Å². The third kappa shape index (κ3) is 3.60. The van der Waals surface area contributed by atoms with Gasteiger partial charge in [-0.05, 0) is 35.9 Å². The van der Waals surface area contributed by atoms with E-state index < -0.39 is 0 Å². The second kappa shape index (κ2) is 7.42. The van der Waals surface area contributed by atoms with E-state index in [1.54, 1.807) is 49.7 Å². The standard InChI is InChI=1S/C20H17NO3/c1-23-19-13-16(20(22)17-9-5-6-12-21-17)10-11-18(19)24-14-15-7-3-2-4-8-15/h2-13H,14H2,1H3. The van der Waals surface area contributed by atoms with Gasteiger partial charge in [0, 0.05) is 11.8 Å². The van der Waals surface area contributed by atoms with Crippen LogP contribution < -0.4 is 9.47 Å². The monoisotopic (exact) mass is 319 g/mol. The summed E-state index contributed by atoms with van der Waals surface area (Å²) in [4.78, 5) is 16.5. The Hall–Kier alpha value is -3.14. The summed E-state index contributed by atoms with van der Waals surface area (Å²) in [5.41, 5.74) is 1.98. The second-order valence-corrected chi connectivity index (χ2v) is 5.18. The van der Waals surface area contributed by atoms with Gasteiger partial charge in [-0.25, -0.2) is 0 Å². The van der Waals surface area contributed by atoms with Crippen molar-refractivity contribution in [2.45, 2.75) is 6.61 Å². The first-order valence-electron chi connectivity index (χ1n) is 7.58. The van der Waals surface area contributed by atoms with Gasteiger partial charge < -0.3 is 9.47 Å². The summed E-state index contributed by atoms with van der Waals surface area (Å²) in [5, 5.41) is 0. The van der Waals surface area contributed by atoms with Crippen LogP contribution in [0.2, 0.25) is 0 Å². The first kappa shape index (κ1) is 15.7. The third-order valence-corrected chi connectivity index (χ3v) is 3.56. The highest BCUT2D eigenvalue weighted by atomic mass is 16.5. The highest BCUT2D eigenvalue weighted by Gasteiger charge is 2.14. The molecule has 0 fully saturated rings. The molecular weight excluding hydrogens is 302 g/mol. The van der Waals surface area contributed by atoms with Crippen LogP contribution >= 0.6 is 0 Å². The van der Waals surface area contributed by atoms with Gasteiger partial charge >= 0.3 is 0 Å². The summed E-state index contributed by atoms with van der Waals surface area (Å²) in [6.45, 7) is 0.435. The average molecular weight is 319 g/mol. The maximum Gasteiger partial charge on any atom is 0.211 e. The Morgan fingerprint density at radius 1 is 0.958 bits per heavy atom. The van der Waals surface area contributed by atoms with Crippen molar-refractivity contribution in [3.63, 3.8) is 0 Å². The lowest BCUT2D eigenvalue weighted by Crippen LogP contribution is -2.05. The summed E-state index contributed by atoms with van der Waals surface area (Å²) in [7, 11) is 1.56. The molecule has 0 aliphatic heterocycles. The zero-order valence-electron chi connectivity index (χ0n) is 13.3. The fourth-order valence-corrected chi connectivity index (χ4v) is 2.31. The molecule has 0 bridgehead atoms. The van der Waals surface area contributed by atoms with Crippen molar-refractivity contribution in [1.82, 2.24) is 4.98 Å². The van der Waals surface area contributed by atoms with Crippen LogP contribution in [0.5, 0.6) is 11.5 Å². The van der Waals surface area contributed by atoms with E-state index in [0.717, 1.165) is 5.56 Å². The van der Waals surface area contributed by atoms with Gasteiger partial charge in [0.05, 0.1) is 7.11 Å². The molecule has 4 heteroatoms. The second-order valence-electron chi connectivity index (χ2n) is 5.18. The summed E-state index contributed by atoms with van der Waals surface area (Å²) < 4.78 is 11.2. The molecule has 0 unspecified atom stereocenters. The lowest BCUT2D eigenvalue weighted by atomic mass is 10.1. The molecule has 24 heavy (non-hydrogen) atoms. The zero-order valence-corrected chi connectivity index (χ0v) is 13.3. The fraction of sp³-hybridized carbons (Fsp3) is 0.100. The van der Waals surface area contributed by atoms with Crippen molar-refractivity contribution in [1.29, 1.82) is 0 Å². The molecule has 3 aromatic rings. The average Bonchev–Trinajstić information content (AvgIpc) is 2.67. The number of ether oxygens (including phenoxy) is 2. The maximum absolute atomic E-state index is 12.4. The minimum absolute atomic E-state index is 0.150. The zero-order chi connectivity index (χ0) is 16.8. The number of hydrogen-bond acceptors (Lipinski definition) is 4. The first-order valence-corrected chi connectivity index (χ1v) is 7.58. The minimum Gasteiger partial charge on any atom is -0.493 e. The molecule has 2 aromatic carbocycles. The summed E-state index contributed by atoms with van der Waals surface area (Å²) in [6.07, 6.45) is 1.60. The van der Waals surface area contributed by atoms with E-state index >= 15 is 0 Å². The van der Waals surface area contributed by atoms with Gasteiger partial charge in [0.25, 0.3) is 0 Å². The predicted octanol–water partition coefficient (Wildman–Crippen LogP) is 3.90. The number of carbonyl (C=O) groups excluding carboxylic acids is 1. The number of ketones is 1. The Morgan fingerprint density at radius 3 is 2.46 bits per heavy atom. The van der Waals surface area contributed by atoms with Crippen LogP contribution in [0.1, 0.15) is 21.6 Å². The number of pyridine rings is 1. The van der Waals surface area contributed by atoms with Crippen LogP contribution in [0.15, 0.2) is 72.9 Å². The van der Waals surface area contributed by atoms with Crippen LogP contribution in [0.4, 0.5) is 0 Å². The third-order valence-electron chi connectivity index (χ3n) is 3.56. The number of nitrogens with zero attached hydrogens (tertiary/aromatic N) is 1. The van der Waals surface area contributed by atoms with E-state index in [1.165, 1.54) is 0 Å². The summed E-state index contributed by atoms with van der Waals surface area (Å²) >= 11 is 0. The molecule has 120 valence electrons. The lowest BCUT2D eigenvalue weighted by molar-refractivity contribution is 0.103. The SMILES string of the molecule is COc1cc(C(=O)c2ccccn2)ccc1OCc1ccccc1. The van der Waals surface area contributed by atoms with E-state index in [1.807, 2.05) is 30.3 Å². The molecule has 1 aromatic heterocycles. The van der Waals surface area contributed by atoms with Crippen molar-refractivity contribution < 1.29 is 14.3 Å². The Labute approximate surface area is 140 Å². The minimum atomic E-state index is -0.150. The molecule has 0 spiro atoms. The molecule has 0 radical (unpaired) electrons. The van der Waals surface area contributed by atoms with Crippen LogP contribution in [0.3, 0.4) is 0 Å². The van der Waals surface area contributed by atoms with Gasteiger partial charge in [-0.15, -0.1) is 0 Å². The van der Waals surface area contributed by atoms with Gasteiger partial charge in [-0.2, -0.15) is 0 Å². The quantitative estimate of drug-likeness (QED) is 0.647. The molecule has 0 atom stereocenters. The van der Waals surface area contributed by atoms with Crippen molar-refractivity contribution in [3.8, 4) is 11.5 Å². The van der Waals surface area contributed by atoms with Crippen molar-refractivity contribution in [2.75, 3.05) is 7.11 Å². The highest BCUT2D eigenvalue weighted by molar-refractivity contribution is 6.08. The smallest absolute Gasteiger partial charge is 0.211 e. The summed E-state index contributed by atoms with van der Waals surface area (Å²) in [5.74, 6) is 0.968. The number of benzene rings is 2. The van der Waals surface area contributed by atoms with Crippen LogP contribution in [0, 0.1) is 0 Å². The van der Waals surface area contributed by atoms with Crippen molar-refractivity contribution in [3.05, 3.63) is 89.7 Å². The predicted molar refractivity (Wildman–Crippen MR) is 91.4 cm³/mol. The molecule has 4 nitrogen and oxygen atoms in total. The Morgan fingerprint density at radius 2 is 1.75 bits per heavy atom. The molecule has 1 heterocycles. The van der Waals surface area contributed by atoms with E-state index in [2.05, 4.69) is 4.98 Å². The number of carbonyl (C=O) groups is 1. The number of methoxy groups -OCH3 is 1. The van der Waals surface area contributed by atoms with Crippen molar-refractivity contribution >= 4 is 5.78 Å². The lowest BCUT2D eigenvalue weighted by Gasteiger charge is -2.12. The molecule has 0 saturated carbocycles.